The van der Waals surface area contributed by atoms with E-state index in [1.54, 1.807) is 18.2 Å². The zero-order valence-electron chi connectivity index (χ0n) is 25.6. The minimum atomic E-state index is -4.35. The number of nitrogens with zero attached hydrogens (tertiary/aromatic N) is 4. The van der Waals surface area contributed by atoms with Gasteiger partial charge < -0.3 is 29.9 Å². The summed E-state index contributed by atoms with van der Waals surface area (Å²) in [7, 11) is -4.35. The van der Waals surface area contributed by atoms with Crippen molar-refractivity contribution in [2.45, 2.75) is 82.3 Å². The highest BCUT2D eigenvalue weighted by molar-refractivity contribution is 7.52. The van der Waals surface area contributed by atoms with Gasteiger partial charge in [-0.3, -0.25) is 9.32 Å². The minimum Gasteiger partial charge on any atom is -0.464 e. The number of ether oxygens (including phenoxy) is 2. The number of nitrogens with two attached hydrogens (primary N) is 1. The van der Waals surface area contributed by atoms with Gasteiger partial charge in [0.15, 0.2) is 5.82 Å². The first-order valence-corrected chi connectivity index (χ1v) is 16.3. The molecule has 6 atom stereocenters. The van der Waals surface area contributed by atoms with E-state index in [0.29, 0.717) is 11.4 Å². The molecule has 1 aromatic carbocycles. The van der Waals surface area contributed by atoms with Crippen LogP contribution in [0.5, 0.6) is 5.75 Å². The highest BCUT2D eigenvalue weighted by Gasteiger charge is 2.58. The lowest BCUT2D eigenvalue weighted by Crippen LogP contribution is -2.41. The number of carbonyl (C=O) groups excluding carboxylic acids is 1. The van der Waals surface area contributed by atoms with Gasteiger partial charge in [-0.1, -0.05) is 39.3 Å². The van der Waals surface area contributed by atoms with Crippen molar-refractivity contribution >= 4 is 25.1 Å². The summed E-state index contributed by atoms with van der Waals surface area (Å²) in [6.07, 6.45) is -0.469. The van der Waals surface area contributed by atoms with Crippen LogP contribution < -0.4 is 15.3 Å². The van der Waals surface area contributed by atoms with Crippen molar-refractivity contribution in [3.63, 3.8) is 0 Å². The number of carbonyl (C=O) groups is 1. The molecule has 0 spiro atoms. The number of hydrogen-bond donors (Lipinski definition) is 4. The Bertz CT molecular complexity index is 1620. The van der Waals surface area contributed by atoms with E-state index in [-0.39, 0.29) is 29.3 Å². The molecule has 0 bridgehead atoms. The minimum absolute atomic E-state index is 0.0995. The van der Waals surface area contributed by atoms with Gasteiger partial charge in [-0.15, -0.1) is 0 Å². The molecule has 0 amide bonds. The summed E-state index contributed by atoms with van der Waals surface area (Å²) in [6.45, 7) is 7.31. The fourth-order valence-corrected chi connectivity index (χ4v) is 6.74. The number of anilines is 1. The molecular weight excluding hydrogens is 603 g/mol. The third-order valence-electron chi connectivity index (χ3n) is 8.23. The van der Waals surface area contributed by atoms with Crippen LogP contribution in [0.25, 0.3) is 5.52 Å². The highest BCUT2D eigenvalue weighted by Crippen LogP contribution is 2.47. The highest BCUT2D eigenvalue weighted by atomic mass is 31.2. The summed E-state index contributed by atoms with van der Waals surface area (Å²) in [5.41, 5.74) is 5.18. The number of aliphatic hydroxyl groups excluding tert-OH is 2. The van der Waals surface area contributed by atoms with Gasteiger partial charge in [0.2, 0.25) is 5.60 Å². The molecule has 5 N–H and O–H groups in total. The van der Waals surface area contributed by atoms with Crippen molar-refractivity contribution in [2.75, 3.05) is 18.9 Å². The molecule has 1 saturated carbocycles. The van der Waals surface area contributed by atoms with Crippen LogP contribution in [-0.4, -0.2) is 68.3 Å². The van der Waals surface area contributed by atoms with Crippen LogP contribution in [-0.2, 0) is 34.4 Å². The van der Waals surface area contributed by atoms with Crippen molar-refractivity contribution in [3.05, 3.63) is 54.0 Å². The Hall–Kier alpha value is -3.57. The average molecular weight is 643 g/mol. The quantitative estimate of drug-likeness (QED) is 0.176. The van der Waals surface area contributed by atoms with Gasteiger partial charge in [-0.25, -0.2) is 14.1 Å². The van der Waals surface area contributed by atoms with E-state index < -0.39 is 50.3 Å². The molecular formula is C30H39N6O8P. The molecule has 2 aliphatic rings. The van der Waals surface area contributed by atoms with E-state index in [4.69, 9.17) is 24.3 Å². The number of fused-ring (bicyclic) bond motifs is 1. The summed E-state index contributed by atoms with van der Waals surface area (Å²) in [5, 5.41) is 39.0. The lowest BCUT2D eigenvalue weighted by Gasteiger charge is -2.27. The van der Waals surface area contributed by atoms with Crippen LogP contribution in [0.3, 0.4) is 0 Å². The fourth-order valence-electron chi connectivity index (χ4n) is 5.24. The van der Waals surface area contributed by atoms with E-state index in [0.717, 1.165) is 24.8 Å². The number of nitrogens with one attached hydrogen (secondary N) is 1. The molecule has 0 radical (unpaired) electrons. The molecule has 15 heteroatoms. The predicted molar refractivity (Wildman–Crippen MR) is 162 cm³/mol. The molecule has 14 nitrogen and oxygen atoms in total. The maximum Gasteiger partial charge on any atom is 0.459 e. The second-order valence-electron chi connectivity index (χ2n) is 12.5. The number of benzene rings is 1. The summed E-state index contributed by atoms with van der Waals surface area (Å²) in [6, 6.07) is 10.8. The fraction of sp³-hybridized carbons (Fsp3) is 0.533. The Morgan fingerprint density at radius 3 is 2.58 bits per heavy atom. The molecule has 1 saturated heterocycles. The van der Waals surface area contributed by atoms with Gasteiger partial charge in [-0.2, -0.15) is 15.4 Å². The molecule has 3 aromatic rings. The average Bonchev–Trinajstić information content (AvgIpc) is 3.51. The molecule has 3 heterocycles. The zero-order chi connectivity index (χ0) is 32.6. The van der Waals surface area contributed by atoms with Crippen molar-refractivity contribution in [2.24, 2.45) is 5.92 Å². The molecule has 1 aliphatic heterocycles. The number of rotatable bonds is 11. The van der Waals surface area contributed by atoms with Gasteiger partial charge in [0.25, 0.3) is 0 Å². The van der Waals surface area contributed by atoms with Crippen molar-refractivity contribution in [1.82, 2.24) is 19.7 Å². The number of nitriles is 1. The maximum atomic E-state index is 14.1. The van der Waals surface area contributed by atoms with Crippen LogP contribution in [0, 0.1) is 17.2 Å². The van der Waals surface area contributed by atoms with Gasteiger partial charge in [0, 0.05) is 0 Å². The van der Waals surface area contributed by atoms with Crippen LogP contribution in [0.2, 0.25) is 0 Å². The second kappa shape index (κ2) is 12.7. The lowest BCUT2D eigenvalue weighted by molar-refractivity contribution is -0.147. The number of nitrogen functional groups attached to an aromatic ring is 1. The summed E-state index contributed by atoms with van der Waals surface area (Å²) >= 11 is 0. The Balaban J connectivity index is 1.36. The van der Waals surface area contributed by atoms with Gasteiger partial charge in [-0.05, 0) is 60.9 Å². The zero-order valence-corrected chi connectivity index (χ0v) is 26.5. The van der Waals surface area contributed by atoms with Crippen molar-refractivity contribution in [1.29, 1.82) is 5.26 Å². The van der Waals surface area contributed by atoms with Gasteiger partial charge >= 0.3 is 13.7 Å². The summed E-state index contributed by atoms with van der Waals surface area (Å²) in [5.74, 6) is 0.0208. The van der Waals surface area contributed by atoms with Crippen molar-refractivity contribution in [3.8, 4) is 11.8 Å². The molecule has 45 heavy (non-hydrogen) atoms. The summed E-state index contributed by atoms with van der Waals surface area (Å²) in [4.78, 5) is 16.7. The predicted octanol–water partition coefficient (Wildman–Crippen LogP) is 2.97. The van der Waals surface area contributed by atoms with E-state index in [1.807, 2.05) is 18.2 Å². The van der Waals surface area contributed by atoms with Crippen LogP contribution >= 0.6 is 7.75 Å². The Morgan fingerprint density at radius 2 is 1.96 bits per heavy atom. The van der Waals surface area contributed by atoms with Gasteiger partial charge in [0.05, 0.1) is 18.9 Å². The lowest BCUT2D eigenvalue weighted by atomic mass is 9.86. The molecule has 2 fully saturated rings. The number of aromatic nitrogens is 3. The third-order valence-corrected chi connectivity index (χ3v) is 9.88. The second-order valence-corrected chi connectivity index (χ2v) is 14.2. The topological polar surface area (TPSA) is 204 Å². The number of aliphatic hydroxyl groups is 2. The first-order chi connectivity index (χ1) is 21.3. The van der Waals surface area contributed by atoms with E-state index >= 15 is 0 Å². The summed E-state index contributed by atoms with van der Waals surface area (Å²) < 4.78 is 38.3. The SMILES string of the molecule is C[C@H](NP(=O)(OC[C@H]1O[C@@](C#N)(c2ccc3c(N)ncnn23)[C@H](O)[C@@H]1O)Oc1ccc(C(C)(C)C)cc1)C(=O)OCC1CCC1. The van der Waals surface area contributed by atoms with Gasteiger partial charge in [0.1, 0.15) is 48.0 Å². The Kier molecular flexibility index (Phi) is 9.24. The maximum absolute atomic E-state index is 14.1. The number of esters is 1. The first kappa shape index (κ1) is 32.8. The largest absolute Gasteiger partial charge is 0.464 e. The molecule has 5 rings (SSSR count). The molecule has 2 aromatic heterocycles. The monoisotopic (exact) mass is 642 g/mol. The first-order valence-electron chi connectivity index (χ1n) is 14.8. The number of hydrogen-bond acceptors (Lipinski definition) is 12. The Morgan fingerprint density at radius 1 is 1.24 bits per heavy atom. The van der Waals surface area contributed by atoms with Crippen LogP contribution in [0.1, 0.15) is 58.2 Å². The standard InChI is InChI=1S/C30H39N6O8P/c1-18(28(39)41-14-19-6-5-7-19)35-45(40,44-21-10-8-20(9-11-21)29(2,3)4)42-15-23-25(37)26(38)30(16-31,43-23)24-13-12-22-27(32)33-17-34-36(22)24/h8-13,17-19,23,25-26,37-38H,5-7,14-15H2,1-4H3,(H,35,40)(H2,32,33,34)/t18-,23+,25+,26+,30-,45?/m0/s1. The molecule has 1 unspecified atom stereocenters. The molecule has 1 aliphatic carbocycles. The smallest absolute Gasteiger partial charge is 0.459 e. The third kappa shape index (κ3) is 6.70. The van der Waals surface area contributed by atoms with Crippen LogP contribution in [0.4, 0.5) is 5.82 Å². The van der Waals surface area contributed by atoms with E-state index in [2.05, 4.69) is 35.9 Å². The normalized spacial score (nSPS) is 25.7. The Labute approximate surface area is 261 Å². The van der Waals surface area contributed by atoms with E-state index in [1.165, 1.54) is 23.8 Å². The molecule has 242 valence electrons. The van der Waals surface area contributed by atoms with Crippen LogP contribution in [0.15, 0.2) is 42.7 Å². The van der Waals surface area contributed by atoms with E-state index in [9.17, 15) is 24.8 Å². The van der Waals surface area contributed by atoms with Crippen molar-refractivity contribution < 1.29 is 38.1 Å².